The summed E-state index contributed by atoms with van der Waals surface area (Å²) in [7, 11) is 4.08. The lowest BCUT2D eigenvalue weighted by Gasteiger charge is -2.28. The van der Waals surface area contributed by atoms with Crippen LogP contribution in [-0.4, -0.2) is 31.2 Å². The van der Waals surface area contributed by atoms with Gasteiger partial charge in [-0.3, -0.25) is 4.79 Å². The lowest BCUT2D eigenvalue weighted by molar-refractivity contribution is -0.143. The van der Waals surface area contributed by atoms with Crippen LogP contribution in [0.5, 0.6) is 0 Å². The molecule has 1 aliphatic carbocycles. The average molecular weight is 276 g/mol. The van der Waals surface area contributed by atoms with E-state index in [4.69, 9.17) is 5.11 Å². The highest BCUT2D eigenvalue weighted by molar-refractivity contribution is 5.70. The topological polar surface area (TPSA) is 52.6 Å². The molecule has 0 saturated heterocycles. The van der Waals surface area contributed by atoms with Crippen molar-refractivity contribution in [1.29, 1.82) is 0 Å². The summed E-state index contributed by atoms with van der Waals surface area (Å²) in [5, 5.41) is 12.7. The van der Waals surface area contributed by atoms with Gasteiger partial charge in [0.2, 0.25) is 0 Å². The van der Waals surface area contributed by atoms with Gasteiger partial charge < -0.3 is 15.3 Å². The van der Waals surface area contributed by atoms with Gasteiger partial charge in [0.1, 0.15) is 0 Å². The predicted octanol–water partition coefficient (Wildman–Crippen LogP) is 2.49. The number of carboxylic acid groups (broad SMARTS) is 1. The van der Waals surface area contributed by atoms with E-state index in [1.54, 1.807) is 0 Å². The fourth-order valence-electron chi connectivity index (χ4n) is 2.95. The Morgan fingerprint density at radius 1 is 1.35 bits per heavy atom. The van der Waals surface area contributed by atoms with Crippen molar-refractivity contribution in [2.24, 2.45) is 5.92 Å². The molecule has 1 aliphatic rings. The van der Waals surface area contributed by atoms with Crippen molar-refractivity contribution in [1.82, 2.24) is 5.32 Å². The first-order valence-corrected chi connectivity index (χ1v) is 7.29. The molecule has 0 spiro atoms. The second-order valence-corrected chi connectivity index (χ2v) is 5.80. The van der Waals surface area contributed by atoms with Gasteiger partial charge in [-0.1, -0.05) is 24.6 Å². The fraction of sp³-hybridized carbons (Fsp3) is 0.562. The summed E-state index contributed by atoms with van der Waals surface area (Å²) in [5.74, 6) is -0.824. The van der Waals surface area contributed by atoms with E-state index >= 15 is 0 Å². The quantitative estimate of drug-likeness (QED) is 0.867. The van der Waals surface area contributed by atoms with Crippen LogP contribution in [0.1, 0.15) is 31.2 Å². The molecule has 110 valence electrons. The van der Waals surface area contributed by atoms with E-state index in [9.17, 15) is 4.79 Å². The molecule has 4 nitrogen and oxygen atoms in total. The van der Waals surface area contributed by atoms with Gasteiger partial charge in [-0.2, -0.15) is 0 Å². The predicted molar refractivity (Wildman–Crippen MR) is 81.0 cm³/mol. The van der Waals surface area contributed by atoms with Gasteiger partial charge in [0.25, 0.3) is 0 Å². The first-order chi connectivity index (χ1) is 9.58. The van der Waals surface area contributed by atoms with E-state index < -0.39 is 5.97 Å². The number of nitrogens with one attached hydrogen (secondary N) is 1. The molecule has 1 saturated carbocycles. The molecule has 1 fully saturated rings. The number of carboxylic acids is 1. The van der Waals surface area contributed by atoms with Crippen molar-refractivity contribution >= 4 is 11.7 Å². The molecule has 2 atom stereocenters. The minimum Gasteiger partial charge on any atom is -0.481 e. The van der Waals surface area contributed by atoms with E-state index in [-0.39, 0.29) is 5.92 Å². The Morgan fingerprint density at radius 3 is 2.80 bits per heavy atom. The Balaban J connectivity index is 1.93. The van der Waals surface area contributed by atoms with Crippen LogP contribution in [0.3, 0.4) is 0 Å². The van der Waals surface area contributed by atoms with Crippen molar-refractivity contribution in [3.8, 4) is 0 Å². The van der Waals surface area contributed by atoms with Gasteiger partial charge in [0.05, 0.1) is 5.92 Å². The summed E-state index contributed by atoms with van der Waals surface area (Å²) in [6, 6.07) is 8.64. The fourth-order valence-corrected chi connectivity index (χ4v) is 2.95. The molecule has 1 aromatic carbocycles. The maximum Gasteiger partial charge on any atom is 0.306 e. The van der Waals surface area contributed by atoms with Gasteiger partial charge >= 0.3 is 5.97 Å². The standard InChI is InChI=1S/C16H24N2O2/c1-18(2)15-9-4-3-6-13(15)11-17-14-8-5-7-12(10-14)16(19)20/h3-4,6,9,12,14,17H,5,7-8,10-11H2,1-2H3,(H,19,20)/t12-,14+/m0/s1. The molecule has 0 heterocycles. The molecule has 1 aromatic rings. The first kappa shape index (κ1) is 14.9. The van der Waals surface area contributed by atoms with Crippen LogP contribution in [0.15, 0.2) is 24.3 Å². The number of para-hydroxylation sites is 1. The molecule has 2 N–H and O–H groups in total. The summed E-state index contributed by atoms with van der Waals surface area (Å²) in [6.45, 7) is 0.797. The van der Waals surface area contributed by atoms with Crippen molar-refractivity contribution in [3.63, 3.8) is 0 Å². The summed E-state index contributed by atoms with van der Waals surface area (Å²) in [4.78, 5) is 13.2. The Hall–Kier alpha value is -1.55. The smallest absolute Gasteiger partial charge is 0.306 e. The minimum absolute atomic E-state index is 0.176. The molecule has 2 rings (SSSR count). The zero-order valence-electron chi connectivity index (χ0n) is 12.3. The summed E-state index contributed by atoms with van der Waals surface area (Å²) in [6.07, 6.45) is 3.65. The van der Waals surface area contributed by atoms with Crippen molar-refractivity contribution < 1.29 is 9.90 Å². The summed E-state index contributed by atoms with van der Waals surface area (Å²) < 4.78 is 0. The van der Waals surface area contributed by atoms with Crippen LogP contribution < -0.4 is 10.2 Å². The number of rotatable bonds is 5. The lowest BCUT2D eigenvalue weighted by atomic mass is 9.85. The van der Waals surface area contributed by atoms with Crippen molar-refractivity contribution in [2.45, 2.75) is 38.3 Å². The highest BCUT2D eigenvalue weighted by atomic mass is 16.4. The Morgan fingerprint density at radius 2 is 2.10 bits per heavy atom. The van der Waals surface area contributed by atoms with Gasteiger partial charge in [0, 0.05) is 32.4 Å². The van der Waals surface area contributed by atoms with Gasteiger partial charge in [0.15, 0.2) is 0 Å². The maximum absolute atomic E-state index is 11.1. The van der Waals surface area contributed by atoms with Gasteiger partial charge in [-0.15, -0.1) is 0 Å². The monoisotopic (exact) mass is 276 g/mol. The number of nitrogens with zero attached hydrogens (tertiary/aromatic N) is 1. The largest absolute Gasteiger partial charge is 0.481 e. The average Bonchev–Trinajstić information content (AvgIpc) is 2.45. The van der Waals surface area contributed by atoms with Crippen LogP contribution >= 0.6 is 0 Å². The number of aliphatic carboxylic acids is 1. The van der Waals surface area contributed by atoms with Gasteiger partial charge in [-0.25, -0.2) is 0 Å². The maximum atomic E-state index is 11.1. The Labute approximate surface area is 120 Å². The highest BCUT2D eigenvalue weighted by Gasteiger charge is 2.26. The number of anilines is 1. The van der Waals surface area contributed by atoms with E-state index in [2.05, 4.69) is 22.3 Å². The van der Waals surface area contributed by atoms with Crippen molar-refractivity contribution in [3.05, 3.63) is 29.8 Å². The molecule has 0 radical (unpaired) electrons. The SMILES string of the molecule is CN(C)c1ccccc1CN[C@@H]1CCC[C@H](C(=O)O)C1. The van der Waals surface area contributed by atoms with Crippen LogP contribution in [0, 0.1) is 5.92 Å². The third-order valence-corrected chi connectivity index (χ3v) is 4.08. The normalized spacial score (nSPS) is 22.5. The lowest BCUT2D eigenvalue weighted by Crippen LogP contribution is -2.36. The second kappa shape index (κ2) is 6.75. The number of hydrogen-bond donors (Lipinski definition) is 2. The Kier molecular flexibility index (Phi) is 5.01. The number of carbonyl (C=O) groups is 1. The molecule has 20 heavy (non-hydrogen) atoms. The van der Waals surface area contributed by atoms with Crippen LogP contribution in [0.2, 0.25) is 0 Å². The Bertz CT molecular complexity index is 460. The first-order valence-electron chi connectivity index (χ1n) is 7.29. The molecule has 4 heteroatoms. The third kappa shape index (κ3) is 3.73. The molecule has 0 unspecified atom stereocenters. The molecular formula is C16H24N2O2. The van der Waals surface area contributed by atoms with E-state index in [0.717, 1.165) is 32.2 Å². The molecular weight excluding hydrogens is 252 g/mol. The second-order valence-electron chi connectivity index (χ2n) is 5.80. The summed E-state index contributed by atoms with van der Waals surface area (Å²) >= 11 is 0. The molecule has 0 bridgehead atoms. The van der Waals surface area contributed by atoms with Crippen molar-refractivity contribution in [2.75, 3.05) is 19.0 Å². The minimum atomic E-state index is -0.648. The summed E-state index contributed by atoms with van der Waals surface area (Å²) in [5.41, 5.74) is 2.47. The van der Waals surface area contributed by atoms with Crippen LogP contribution in [0.4, 0.5) is 5.69 Å². The zero-order chi connectivity index (χ0) is 14.5. The van der Waals surface area contributed by atoms with Crippen LogP contribution in [0.25, 0.3) is 0 Å². The van der Waals surface area contributed by atoms with Gasteiger partial charge in [-0.05, 0) is 30.9 Å². The van der Waals surface area contributed by atoms with E-state index in [0.29, 0.717) is 6.04 Å². The molecule has 0 aliphatic heterocycles. The van der Waals surface area contributed by atoms with E-state index in [1.807, 2.05) is 26.2 Å². The highest BCUT2D eigenvalue weighted by Crippen LogP contribution is 2.25. The zero-order valence-corrected chi connectivity index (χ0v) is 12.3. The number of hydrogen-bond acceptors (Lipinski definition) is 3. The van der Waals surface area contributed by atoms with Crippen LogP contribution in [-0.2, 0) is 11.3 Å². The number of benzene rings is 1. The third-order valence-electron chi connectivity index (χ3n) is 4.08. The molecule has 0 aromatic heterocycles. The molecule has 0 amide bonds. The van der Waals surface area contributed by atoms with E-state index in [1.165, 1.54) is 11.3 Å².